The van der Waals surface area contributed by atoms with Gasteiger partial charge in [-0.15, -0.1) is 0 Å². The van der Waals surface area contributed by atoms with Crippen molar-refractivity contribution in [3.63, 3.8) is 0 Å². The van der Waals surface area contributed by atoms with Crippen molar-refractivity contribution in [2.24, 2.45) is 0 Å². The van der Waals surface area contributed by atoms with E-state index in [9.17, 15) is 0 Å². The summed E-state index contributed by atoms with van der Waals surface area (Å²) >= 11 is 0. The summed E-state index contributed by atoms with van der Waals surface area (Å²) in [6.45, 7) is 6.39. The molecular weight excluding hydrogens is 823 g/mol. The predicted octanol–water partition coefficient (Wildman–Crippen LogP) is 18.2. The largest absolute Gasteiger partial charge is 0.455 e. The van der Waals surface area contributed by atoms with Crippen LogP contribution in [0.15, 0.2) is 247 Å². The Bertz CT molecular complexity index is 4150. The molecule has 11 aromatic carbocycles. The summed E-state index contributed by atoms with van der Waals surface area (Å²) in [5.41, 5.74) is 17.2. The normalized spacial score (nSPS) is 15.1. The van der Waals surface area contributed by atoms with Crippen LogP contribution in [0.5, 0.6) is 0 Å². The van der Waals surface area contributed by atoms with Gasteiger partial charge >= 0.3 is 0 Å². The lowest BCUT2D eigenvalue weighted by Gasteiger charge is -2.33. The molecule has 1 heterocycles. The highest BCUT2D eigenvalue weighted by molar-refractivity contribution is 6.26. The number of nitrogens with zero attached hydrogens (tertiary/aromatic N) is 1. The molecule has 0 amide bonds. The molecule has 68 heavy (non-hydrogen) atoms. The third-order valence-corrected chi connectivity index (χ3v) is 15.0. The standard InChI is InChI=1S/C66H43NO/c1-3-4-25-59-41(2)47-17-11-13-26-60(47)66(59)61-27-14-12-23-55(61)56-38-35-46(40-62(56)66)67(45-34-37-54-52-21-8-7-19-50(52)51-20-9-10-22-53(51)58(54)39-45)44-32-29-43(30-33-44)48-24-15-28-63-64(48)57-36-31-42-16-5-6-18-49(42)65(57)68-63/h3-40H,1H2,2H3/b25-4-. The van der Waals surface area contributed by atoms with Crippen molar-refractivity contribution in [1.82, 2.24) is 0 Å². The minimum absolute atomic E-state index is 0.506. The lowest BCUT2D eigenvalue weighted by molar-refractivity contribution is 0.673. The van der Waals surface area contributed by atoms with Gasteiger partial charge in [-0.3, -0.25) is 0 Å². The van der Waals surface area contributed by atoms with E-state index in [4.69, 9.17) is 4.42 Å². The summed E-state index contributed by atoms with van der Waals surface area (Å²) in [4.78, 5) is 2.46. The summed E-state index contributed by atoms with van der Waals surface area (Å²) in [5, 5.41) is 12.1. The van der Waals surface area contributed by atoms with E-state index >= 15 is 0 Å². The predicted molar refractivity (Wildman–Crippen MR) is 288 cm³/mol. The van der Waals surface area contributed by atoms with Crippen LogP contribution in [0.25, 0.3) is 92.9 Å². The molecule has 1 spiro atoms. The van der Waals surface area contributed by atoms with Crippen LogP contribution >= 0.6 is 0 Å². The quantitative estimate of drug-likeness (QED) is 0.122. The van der Waals surface area contributed by atoms with Crippen LogP contribution in [0.3, 0.4) is 0 Å². The monoisotopic (exact) mass is 865 g/mol. The van der Waals surface area contributed by atoms with Gasteiger partial charge in [-0.25, -0.2) is 0 Å². The van der Waals surface area contributed by atoms with Crippen LogP contribution in [0.1, 0.15) is 29.2 Å². The number of allylic oxidation sites excluding steroid dienone is 5. The highest BCUT2D eigenvalue weighted by Gasteiger charge is 2.51. The van der Waals surface area contributed by atoms with Crippen LogP contribution in [0.4, 0.5) is 17.1 Å². The van der Waals surface area contributed by atoms with Gasteiger partial charge in [0.05, 0.1) is 5.41 Å². The van der Waals surface area contributed by atoms with Gasteiger partial charge < -0.3 is 9.32 Å². The molecule has 14 rings (SSSR count). The number of benzene rings is 11. The minimum Gasteiger partial charge on any atom is -0.455 e. The molecule has 2 heteroatoms. The lowest BCUT2D eigenvalue weighted by Crippen LogP contribution is -2.27. The first kappa shape index (κ1) is 38.5. The van der Waals surface area contributed by atoms with Crippen molar-refractivity contribution in [1.29, 1.82) is 0 Å². The highest BCUT2D eigenvalue weighted by Crippen LogP contribution is 2.63. The lowest BCUT2D eigenvalue weighted by atomic mass is 9.69. The molecule has 1 aromatic heterocycles. The average molecular weight is 866 g/mol. The van der Waals surface area contributed by atoms with Crippen LogP contribution in [-0.2, 0) is 5.41 Å². The van der Waals surface area contributed by atoms with E-state index in [2.05, 4.69) is 243 Å². The Morgan fingerprint density at radius 3 is 1.75 bits per heavy atom. The van der Waals surface area contributed by atoms with Crippen molar-refractivity contribution in [2.45, 2.75) is 12.3 Å². The van der Waals surface area contributed by atoms with E-state index in [1.165, 1.54) is 82.2 Å². The van der Waals surface area contributed by atoms with Crippen molar-refractivity contribution >= 4 is 87.7 Å². The number of hydrogen-bond acceptors (Lipinski definition) is 2. The van der Waals surface area contributed by atoms with Crippen molar-refractivity contribution in [2.75, 3.05) is 4.90 Å². The number of hydrogen-bond donors (Lipinski definition) is 0. The fourth-order valence-corrected chi connectivity index (χ4v) is 12.2. The molecule has 0 saturated heterocycles. The summed E-state index contributed by atoms with van der Waals surface area (Å²) in [7, 11) is 0. The Labute approximate surface area is 394 Å². The van der Waals surface area contributed by atoms with E-state index < -0.39 is 5.41 Å². The molecule has 0 radical (unpaired) electrons. The fraction of sp³-hybridized carbons (Fsp3) is 0.0303. The van der Waals surface area contributed by atoms with E-state index in [0.717, 1.165) is 55.5 Å². The van der Waals surface area contributed by atoms with E-state index in [-0.39, 0.29) is 0 Å². The zero-order valence-corrected chi connectivity index (χ0v) is 37.5. The van der Waals surface area contributed by atoms with Gasteiger partial charge in [0.2, 0.25) is 0 Å². The first-order valence-electron chi connectivity index (χ1n) is 23.5. The molecule has 2 aliphatic carbocycles. The third-order valence-electron chi connectivity index (χ3n) is 15.0. The van der Waals surface area contributed by atoms with Crippen molar-refractivity contribution in [3.05, 3.63) is 265 Å². The number of fused-ring (bicyclic) bond motifs is 18. The van der Waals surface area contributed by atoms with E-state index in [1.807, 2.05) is 6.08 Å². The number of anilines is 3. The fourth-order valence-electron chi connectivity index (χ4n) is 12.2. The maximum absolute atomic E-state index is 6.63. The number of rotatable bonds is 6. The molecule has 2 aliphatic rings. The second kappa shape index (κ2) is 14.6. The first-order chi connectivity index (χ1) is 33.6. The Morgan fingerprint density at radius 2 is 1.00 bits per heavy atom. The summed E-state index contributed by atoms with van der Waals surface area (Å²) in [5.74, 6) is 0. The molecule has 0 saturated carbocycles. The number of furan rings is 1. The highest BCUT2D eigenvalue weighted by atomic mass is 16.3. The van der Waals surface area contributed by atoms with E-state index in [0.29, 0.717) is 0 Å². The summed E-state index contributed by atoms with van der Waals surface area (Å²) in [6.07, 6.45) is 6.29. The van der Waals surface area contributed by atoms with Gasteiger partial charge in [0.25, 0.3) is 0 Å². The topological polar surface area (TPSA) is 16.4 Å². The molecule has 0 N–H and O–H groups in total. The average Bonchev–Trinajstić information content (AvgIpc) is 4.02. The maximum Gasteiger partial charge on any atom is 0.143 e. The van der Waals surface area contributed by atoms with Crippen molar-refractivity contribution < 1.29 is 4.42 Å². The van der Waals surface area contributed by atoms with Gasteiger partial charge in [-0.2, -0.15) is 0 Å². The molecular formula is C66H43NO. The van der Waals surface area contributed by atoms with Gasteiger partial charge in [0.15, 0.2) is 0 Å². The van der Waals surface area contributed by atoms with Crippen molar-refractivity contribution in [3.8, 4) is 22.3 Å². The van der Waals surface area contributed by atoms with Gasteiger partial charge in [-0.1, -0.05) is 189 Å². The zero-order chi connectivity index (χ0) is 45.1. The Hall–Kier alpha value is -8.72. The summed E-state index contributed by atoms with van der Waals surface area (Å²) in [6, 6.07) is 78.4. The van der Waals surface area contributed by atoms with E-state index in [1.54, 1.807) is 0 Å². The molecule has 1 atom stereocenters. The van der Waals surface area contributed by atoms with Gasteiger partial charge in [0, 0.05) is 33.2 Å². The van der Waals surface area contributed by atoms with Crippen LogP contribution in [0, 0.1) is 0 Å². The van der Waals surface area contributed by atoms with Crippen LogP contribution < -0.4 is 4.90 Å². The Balaban J connectivity index is 1.00. The Morgan fingerprint density at radius 1 is 0.441 bits per heavy atom. The molecule has 0 bridgehead atoms. The molecule has 0 aliphatic heterocycles. The SMILES string of the molecule is C=C/C=C\C1=C(C)c2ccccc2C12c1ccccc1-c1ccc(N(c3ccc(-c4cccc5oc6c7ccccc7ccc6c45)cc3)c3ccc4c5ccccc5c5ccccc5c4c3)cc12. The minimum atomic E-state index is -0.506. The van der Waals surface area contributed by atoms with Gasteiger partial charge in [-0.05, 0) is 149 Å². The van der Waals surface area contributed by atoms with Crippen LogP contribution in [0.2, 0.25) is 0 Å². The second-order valence-corrected chi connectivity index (χ2v) is 18.4. The molecule has 318 valence electrons. The maximum atomic E-state index is 6.63. The molecule has 1 unspecified atom stereocenters. The van der Waals surface area contributed by atoms with Crippen LogP contribution in [-0.4, -0.2) is 0 Å². The molecule has 0 fully saturated rings. The zero-order valence-electron chi connectivity index (χ0n) is 37.5. The summed E-state index contributed by atoms with van der Waals surface area (Å²) < 4.78 is 6.63. The molecule has 12 aromatic rings. The Kier molecular flexibility index (Phi) is 8.30. The smallest absolute Gasteiger partial charge is 0.143 e. The first-order valence-corrected chi connectivity index (χ1v) is 23.5. The second-order valence-electron chi connectivity index (χ2n) is 18.4. The molecule has 2 nitrogen and oxygen atoms in total. The van der Waals surface area contributed by atoms with Gasteiger partial charge in [0.1, 0.15) is 11.2 Å². The third kappa shape index (κ3) is 5.29.